The summed E-state index contributed by atoms with van der Waals surface area (Å²) >= 11 is 0. The van der Waals surface area contributed by atoms with Crippen molar-refractivity contribution in [3.63, 3.8) is 0 Å². The molecule has 5 nitrogen and oxygen atoms in total. The van der Waals surface area contributed by atoms with Gasteiger partial charge in [-0.15, -0.1) is 0 Å². The Bertz CT molecular complexity index is 398. The Morgan fingerprint density at radius 1 is 1.30 bits per heavy atom. The highest BCUT2D eigenvalue weighted by molar-refractivity contribution is 5.79. The average Bonchev–Trinajstić information content (AvgIpc) is 3.07. The number of likely N-dealkylation sites (tertiary alicyclic amines) is 1. The van der Waals surface area contributed by atoms with Gasteiger partial charge in [-0.1, -0.05) is 0 Å². The molecule has 5 heteroatoms. The minimum absolute atomic E-state index is 0.708. The summed E-state index contributed by atoms with van der Waals surface area (Å²) in [6.45, 7) is 8.16. The number of aromatic nitrogens is 1. The Morgan fingerprint density at radius 2 is 2.10 bits per heavy atom. The van der Waals surface area contributed by atoms with Crippen molar-refractivity contribution < 1.29 is 0 Å². The van der Waals surface area contributed by atoms with Crippen LogP contribution in [0.2, 0.25) is 0 Å². The van der Waals surface area contributed by atoms with Crippen molar-refractivity contribution >= 4 is 5.96 Å². The van der Waals surface area contributed by atoms with E-state index < -0.39 is 0 Å². The van der Waals surface area contributed by atoms with Gasteiger partial charge in [0.2, 0.25) is 0 Å². The summed E-state index contributed by atoms with van der Waals surface area (Å²) in [5.41, 5.74) is 0. The number of nitrogens with one attached hydrogen (secondary N) is 2. The second kappa shape index (κ2) is 7.94. The number of nitrogens with zero attached hydrogens (tertiary/aromatic N) is 3. The summed E-state index contributed by atoms with van der Waals surface area (Å²) in [4.78, 5) is 7.09. The molecule has 1 aromatic heterocycles. The van der Waals surface area contributed by atoms with Crippen molar-refractivity contribution in [2.45, 2.75) is 19.9 Å². The second-order valence-electron chi connectivity index (χ2n) is 5.48. The molecule has 0 aliphatic carbocycles. The lowest BCUT2D eigenvalue weighted by Crippen LogP contribution is -2.39. The summed E-state index contributed by atoms with van der Waals surface area (Å²) in [7, 11) is 2.18. The lowest BCUT2D eigenvalue weighted by molar-refractivity contribution is 0.397. The van der Waals surface area contributed by atoms with Crippen LogP contribution in [0.3, 0.4) is 0 Å². The Hall–Kier alpha value is -1.49. The van der Waals surface area contributed by atoms with Crippen LogP contribution in [-0.2, 0) is 6.54 Å². The molecular formula is C15H27N5. The van der Waals surface area contributed by atoms with E-state index in [0.717, 1.165) is 32.1 Å². The van der Waals surface area contributed by atoms with E-state index in [4.69, 9.17) is 4.99 Å². The Labute approximate surface area is 122 Å². The fourth-order valence-corrected chi connectivity index (χ4v) is 2.56. The van der Waals surface area contributed by atoms with Gasteiger partial charge < -0.3 is 20.1 Å². The van der Waals surface area contributed by atoms with E-state index in [1.54, 1.807) is 0 Å². The number of guanidine groups is 1. The van der Waals surface area contributed by atoms with Crippen molar-refractivity contribution in [1.29, 1.82) is 0 Å². The predicted octanol–water partition coefficient (Wildman–Crippen LogP) is 0.995. The largest absolute Gasteiger partial charge is 0.357 e. The molecule has 0 aromatic carbocycles. The quantitative estimate of drug-likeness (QED) is 0.602. The molecule has 2 heterocycles. The van der Waals surface area contributed by atoms with Gasteiger partial charge in [0.25, 0.3) is 0 Å². The van der Waals surface area contributed by atoms with Crippen LogP contribution in [0.15, 0.2) is 29.5 Å². The number of aliphatic imine (C=N–C) groups is 1. The normalized spacial score (nSPS) is 20.3. The summed E-state index contributed by atoms with van der Waals surface area (Å²) in [5, 5.41) is 6.71. The second-order valence-corrected chi connectivity index (χ2v) is 5.48. The maximum Gasteiger partial charge on any atom is 0.191 e. The first-order valence-electron chi connectivity index (χ1n) is 7.59. The maximum atomic E-state index is 4.71. The van der Waals surface area contributed by atoms with Gasteiger partial charge in [-0.2, -0.15) is 0 Å². The van der Waals surface area contributed by atoms with Crippen LogP contribution in [0, 0.1) is 5.92 Å². The zero-order chi connectivity index (χ0) is 14.2. The molecule has 1 saturated heterocycles. The number of hydrogen-bond acceptors (Lipinski definition) is 2. The Kier molecular flexibility index (Phi) is 5.92. The molecule has 1 unspecified atom stereocenters. The van der Waals surface area contributed by atoms with Crippen molar-refractivity contribution in [2.24, 2.45) is 10.9 Å². The molecule has 1 fully saturated rings. The van der Waals surface area contributed by atoms with Crippen molar-refractivity contribution in [3.05, 3.63) is 24.5 Å². The monoisotopic (exact) mass is 277 g/mol. The highest BCUT2D eigenvalue weighted by Crippen LogP contribution is 2.13. The van der Waals surface area contributed by atoms with Gasteiger partial charge in [0.15, 0.2) is 5.96 Å². The first kappa shape index (κ1) is 14.9. The minimum Gasteiger partial charge on any atom is -0.357 e. The topological polar surface area (TPSA) is 44.6 Å². The highest BCUT2D eigenvalue weighted by atomic mass is 15.2. The molecule has 0 amide bonds. The lowest BCUT2D eigenvalue weighted by atomic mass is 10.1. The Balaban J connectivity index is 1.73. The number of rotatable bonds is 6. The van der Waals surface area contributed by atoms with Crippen LogP contribution in [0.1, 0.15) is 13.3 Å². The van der Waals surface area contributed by atoms with E-state index in [0.29, 0.717) is 5.92 Å². The SMILES string of the molecule is CCNC(=NCC1CCN(C)C1)NCCn1cccc1. The third-order valence-electron chi connectivity index (χ3n) is 3.67. The van der Waals surface area contributed by atoms with Gasteiger partial charge in [-0.05, 0) is 45.0 Å². The summed E-state index contributed by atoms with van der Waals surface area (Å²) in [6.07, 6.45) is 5.43. The summed E-state index contributed by atoms with van der Waals surface area (Å²) in [6, 6.07) is 4.10. The van der Waals surface area contributed by atoms with Gasteiger partial charge in [0.05, 0.1) is 0 Å². The van der Waals surface area contributed by atoms with Crippen molar-refractivity contribution in [1.82, 2.24) is 20.1 Å². The van der Waals surface area contributed by atoms with E-state index >= 15 is 0 Å². The molecule has 1 aromatic rings. The van der Waals surface area contributed by atoms with E-state index in [1.807, 2.05) is 0 Å². The zero-order valence-corrected chi connectivity index (χ0v) is 12.7. The third-order valence-corrected chi connectivity index (χ3v) is 3.67. The van der Waals surface area contributed by atoms with E-state index in [-0.39, 0.29) is 0 Å². The summed E-state index contributed by atoms with van der Waals surface area (Å²) in [5.74, 6) is 1.65. The Morgan fingerprint density at radius 3 is 2.75 bits per heavy atom. The van der Waals surface area contributed by atoms with E-state index in [1.165, 1.54) is 19.5 Å². The zero-order valence-electron chi connectivity index (χ0n) is 12.7. The maximum absolute atomic E-state index is 4.71. The minimum atomic E-state index is 0.708. The van der Waals surface area contributed by atoms with Crippen molar-refractivity contribution in [3.8, 4) is 0 Å². The van der Waals surface area contributed by atoms with Gasteiger partial charge in [0.1, 0.15) is 0 Å². The van der Waals surface area contributed by atoms with Crippen LogP contribution in [0.25, 0.3) is 0 Å². The van der Waals surface area contributed by atoms with Gasteiger partial charge in [0, 0.05) is 45.1 Å². The third kappa shape index (κ3) is 4.89. The van der Waals surface area contributed by atoms with Gasteiger partial charge >= 0.3 is 0 Å². The first-order chi connectivity index (χ1) is 9.78. The van der Waals surface area contributed by atoms with Crippen LogP contribution < -0.4 is 10.6 Å². The molecule has 0 spiro atoms. The molecule has 1 atom stereocenters. The van der Waals surface area contributed by atoms with Crippen molar-refractivity contribution in [2.75, 3.05) is 39.8 Å². The molecular weight excluding hydrogens is 250 g/mol. The fourth-order valence-electron chi connectivity index (χ4n) is 2.56. The first-order valence-corrected chi connectivity index (χ1v) is 7.59. The standard InChI is InChI=1S/C15H27N5/c1-3-16-15(17-7-11-20-8-4-5-9-20)18-12-14-6-10-19(2)13-14/h4-5,8-9,14H,3,6-7,10-13H2,1-2H3,(H2,16,17,18). The fraction of sp³-hybridized carbons (Fsp3) is 0.667. The van der Waals surface area contributed by atoms with E-state index in [2.05, 4.69) is 58.6 Å². The molecule has 0 saturated carbocycles. The molecule has 0 radical (unpaired) electrons. The molecule has 1 aliphatic heterocycles. The smallest absolute Gasteiger partial charge is 0.191 e. The van der Waals surface area contributed by atoms with Crippen LogP contribution in [-0.4, -0.2) is 55.2 Å². The summed E-state index contributed by atoms with van der Waals surface area (Å²) < 4.78 is 2.17. The van der Waals surface area contributed by atoms with Gasteiger partial charge in [-0.25, -0.2) is 0 Å². The molecule has 2 N–H and O–H groups in total. The number of hydrogen-bond donors (Lipinski definition) is 2. The van der Waals surface area contributed by atoms with E-state index in [9.17, 15) is 0 Å². The molecule has 20 heavy (non-hydrogen) atoms. The van der Waals surface area contributed by atoms with Gasteiger partial charge in [-0.3, -0.25) is 4.99 Å². The lowest BCUT2D eigenvalue weighted by Gasteiger charge is -2.13. The van der Waals surface area contributed by atoms with Crippen LogP contribution in [0.4, 0.5) is 0 Å². The van der Waals surface area contributed by atoms with Crippen LogP contribution in [0.5, 0.6) is 0 Å². The predicted molar refractivity (Wildman–Crippen MR) is 84.0 cm³/mol. The molecule has 1 aliphatic rings. The highest BCUT2D eigenvalue weighted by Gasteiger charge is 2.18. The molecule has 112 valence electrons. The van der Waals surface area contributed by atoms with Crippen LogP contribution >= 0.6 is 0 Å². The molecule has 2 rings (SSSR count). The average molecular weight is 277 g/mol. The molecule has 0 bridgehead atoms.